The van der Waals surface area contributed by atoms with Gasteiger partial charge < -0.3 is 9.90 Å². The summed E-state index contributed by atoms with van der Waals surface area (Å²) in [6, 6.07) is 0. The van der Waals surface area contributed by atoms with E-state index in [1.54, 1.807) is 0 Å². The average molecular weight is 118 g/mol. The Morgan fingerprint density at radius 3 is 1.89 bits per heavy atom. The molecule has 2 rings (SSSR count). The van der Waals surface area contributed by atoms with Crippen LogP contribution in [0.2, 0.25) is 0 Å². The maximum atomic E-state index is 10.2. The van der Waals surface area contributed by atoms with E-state index in [1.165, 1.54) is 0 Å². The number of carboxylic acid groups (broad SMARTS) is 1. The van der Waals surface area contributed by atoms with Crippen molar-refractivity contribution < 1.29 is 28.8 Å². The number of carboxylic acids is 1. The molecule has 2 aliphatic carbocycles. The zero-order valence-corrected chi connectivity index (χ0v) is 5.73. The summed E-state index contributed by atoms with van der Waals surface area (Å²) in [5.41, 5.74) is -0.168. The smallest absolute Gasteiger partial charge is 0.550 e. The number of carbonyl (C=O) groups is 1. The van der Waals surface area contributed by atoms with Crippen LogP contribution in [0.4, 0.5) is 0 Å². The fourth-order valence-electron chi connectivity index (χ4n) is 1.58. The van der Waals surface area contributed by atoms with Crippen molar-refractivity contribution >= 4 is 5.97 Å². The van der Waals surface area contributed by atoms with Gasteiger partial charge in [0.15, 0.2) is 0 Å². The molecule has 0 heterocycles. The number of hydrogen-bond donors (Lipinski definition) is 0. The van der Waals surface area contributed by atoms with Gasteiger partial charge in [0.2, 0.25) is 0 Å². The fourth-order valence-corrected chi connectivity index (χ4v) is 1.58. The molecule has 0 saturated heterocycles. The van der Waals surface area contributed by atoms with Gasteiger partial charge in [-0.25, -0.2) is 0 Å². The predicted molar refractivity (Wildman–Crippen MR) is 24.8 cm³/mol. The van der Waals surface area contributed by atoms with E-state index in [2.05, 4.69) is 0 Å². The minimum atomic E-state index is -0.833. The summed E-state index contributed by atoms with van der Waals surface area (Å²) in [6.07, 6.45) is 1.73. The molecule has 0 aromatic carbocycles. The summed E-state index contributed by atoms with van der Waals surface area (Å²) >= 11 is 0. The maximum Gasteiger partial charge on any atom is 1.00 e. The summed E-state index contributed by atoms with van der Waals surface area (Å²) < 4.78 is 0. The van der Waals surface area contributed by atoms with Gasteiger partial charge >= 0.3 is 18.9 Å². The quantitative estimate of drug-likeness (QED) is 0.336. The Kier molecular flexibility index (Phi) is 1.10. The molecule has 0 aliphatic heterocycles. The van der Waals surface area contributed by atoms with E-state index >= 15 is 0 Å². The van der Waals surface area contributed by atoms with Crippen LogP contribution in [0, 0.1) is 10.8 Å². The van der Waals surface area contributed by atoms with Crippen LogP contribution in [0.25, 0.3) is 0 Å². The second-order valence-corrected chi connectivity index (χ2v) is 3.28. The van der Waals surface area contributed by atoms with Gasteiger partial charge in [-0.05, 0) is 18.3 Å². The van der Waals surface area contributed by atoms with Crippen LogP contribution in [-0.4, -0.2) is 5.97 Å². The van der Waals surface area contributed by atoms with Crippen molar-refractivity contribution in [3.8, 4) is 0 Å². The van der Waals surface area contributed by atoms with E-state index in [4.69, 9.17) is 0 Å². The molecule has 0 spiro atoms. The molecule has 0 atom stereocenters. The van der Waals surface area contributed by atoms with Crippen molar-refractivity contribution in [3.63, 3.8) is 0 Å². The third kappa shape index (κ3) is 0.558. The third-order valence-electron chi connectivity index (χ3n) is 2.68. The summed E-state index contributed by atoms with van der Waals surface area (Å²) in [4.78, 5) is 10.2. The zero-order valence-electron chi connectivity index (χ0n) is 5.73. The van der Waals surface area contributed by atoms with Gasteiger partial charge in [0.25, 0.3) is 0 Å². The van der Waals surface area contributed by atoms with Crippen molar-refractivity contribution in [1.82, 2.24) is 0 Å². The number of fused-ring (bicyclic) bond motifs is 1. The van der Waals surface area contributed by atoms with Crippen LogP contribution in [0.15, 0.2) is 0 Å². The Balaban J connectivity index is 0.000000405. The first kappa shape index (κ1) is 7.18. The van der Waals surface area contributed by atoms with Crippen LogP contribution >= 0.6 is 0 Å². The number of carbonyl (C=O) groups excluding carboxylic acids is 1. The standard InChI is InChI=1S/C6H8O2.Li/c1-5-2-6(5,3-5)4(7)8;/h2-3H2,1H3,(H,7,8);/q;+1/p-1. The topological polar surface area (TPSA) is 40.1 Å². The van der Waals surface area contributed by atoms with Crippen LogP contribution in [-0.2, 0) is 4.79 Å². The Morgan fingerprint density at radius 2 is 1.89 bits per heavy atom. The summed E-state index contributed by atoms with van der Waals surface area (Å²) in [5, 5.41) is 10.2. The van der Waals surface area contributed by atoms with Crippen LogP contribution in [0.3, 0.4) is 0 Å². The minimum Gasteiger partial charge on any atom is -0.550 e. The van der Waals surface area contributed by atoms with Crippen LogP contribution < -0.4 is 24.0 Å². The molecular formula is C6H7LiO2. The molecule has 0 unspecified atom stereocenters. The fraction of sp³-hybridized carbons (Fsp3) is 0.833. The van der Waals surface area contributed by atoms with Crippen LogP contribution in [0.1, 0.15) is 19.8 Å². The van der Waals surface area contributed by atoms with Crippen molar-refractivity contribution in [3.05, 3.63) is 0 Å². The molecule has 2 nitrogen and oxygen atoms in total. The van der Waals surface area contributed by atoms with E-state index in [9.17, 15) is 9.90 Å². The number of aliphatic carboxylic acids is 1. The molecular weight excluding hydrogens is 111 g/mol. The molecule has 0 N–H and O–H groups in total. The van der Waals surface area contributed by atoms with Gasteiger partial charge in [-0.1, -0.05) is 6.92 Å². The molecule has 0 bridgehead atoms. The van der Waals surface area contributed by atoms with Crippen molar-refractivity contribution in [1.29, 1.82) is 0 Å². The molecule has 44 valence electrons. The summed E-state index contributed by atoms with van der Waals surface area (Å²) in [5.74, 6) is -0.833. The normalized spacial score (nSPS) is 50.8. The van der Waals surface area contributed by atoms with E-state index in [0.717, 1.165) is 12.8 Å². The van der Waals surface area contributed by atoms with Gasteiger partial charge in [0, 0.05) is 11.4 Å². The second-order valence-electron chi connectivity index (χ2n) is 3.28. The van der Waals surface area contributed by atoms with E-state index in [1.807, 2.05) is 6.92 Å². The Morgan fingerprint density at radius 1 is 1.56 bits per heavy atom. The SMILES string of the molecule is CC12CC1(C(=O)[O-])C2.[Li+]. The Bertz CT molecular complexity index is 170. The average Bonchev–Trinajstić information content (AvgIpc) is 2.22. The third-order valence-corrected chi connectivity index (χ3v) is 2.68. The molecule has 2 saturated carbocycles. The van der Waals surface area contributed by atoms with E-state index in [0.29, 0.717) is 0 Å². The largest absolute Gasteiger partial charge is 1.00 e. The molecule has 0 aromatic heterocycles. The summed E-state index contributed by atoms with van der Waals surface area (Å²) in [7, 11) is 0. The summed E-state index contributed by atoms with van der Waals surface area (Å²) in [6.45, 7) is 2.00. The molecule has 0 aromatic rings. The van der Waals surface area contributed by atoms with Gasteiger partial charge in [0.05, 0.1) is 0 Å². The number of hydrogen-bond acceptors (Lipinski definition) is 2. The van der Waals surface area contributed by atoms with Crippen LogP contribution in [0.5, 0.6) is 0 Å². The molecule has 2 fully saturated rings. The minimum absolute atomic E-state index is 0. The number of rotatable bonds is 1. The van der Waals surface area contributed by atoms with E-state index in [-0.39, 0.29) is 29.7 Å². The molecule has 0 amide bonds. The second kappa shape index (κ2) is 1.38. The molecule has 0 radical (unpaired) electrons. The maximum absolute atomic E-state index is 10.2. The molecule has 3 heteroatoms. The van der Waals surface area contributed by atoms with Gasteiger partial charge in [-0.15, -0.1) is 0 Å². The first-order valence-electron chi connectivity index (χ1n) is 2.82. The first-order valence-corrected chi connectivity index (χ1v) is 2.82. The first-order chi connectivity index (χ1) is 3.61. The Hall–Kier alpha value is 0.0674. The van der Waals surface area contributed by atoms with Gasteiger partial charge in [-0.2, -0.15) is 0 Å². The Labute approximate surface area is 65.8 Å². The van der Waals surface area contributed by atoms with Crippen molar-refractivity contribution in [2.45, 2.75) is 19.8 Å². The van der Waals surface area contributed by atoms with Crippen molar-refractivity contribution in [2.75, 3.05) is 0 Å². The van der Waals surface area contributed by atoms with Gasteiger partial charge in [0.1, 0.15) is 0 Å². The monoisotopic (exact) mass is 118 g/mol. The molecule has 9 heavy (non-hydrogen) atoms. The predicted octanol–water partition coefficient (Wildman–Crippen LogP) is -3.46. The van der Waals surface area contributed by atoms with E-state index < -0.39 is 5.97 Å². The molecule has 2 aliphatic rings. The van der Waals surface area contributed by atoms with Gasteiger partial charge in [-0.3, -0.25) is 0 Å². The zero-order chi connectivity index (χ0) is 5.99. The van der Waals surface area contributed by atoms with Crippen molar-refractivity contribution in [2.24, 2.45) is 10.8 Å².